The lowest BCUT2D eigenvalue weighted by molar-refractivity contribution is 0.102. The monoisotopic (exact) mass is 334 g/mol. The molecule has 0 fully saturated rings. The Morgan fingerprint density at radius 1 is 1.18 bits per heavy atom. The van der Waals surface area contributed by atoms with Gasteiger partial charge in [-0.15, -0.1) is 0 Å². The Bertz CT molecular complexity index is 858. The molecule has 0 spiro atoms. The van der Waals surface area contributed by atoms with Crippen LogP contribution >= 0.6 is 23.2 Å². The molecule has 1 heterocycles. The van der Waals surface area contributed by atoms with Crippen molar-refractivity contribution in [3.63, 3.8) is 0 Å². The van der Waals surface area contributed by atoms with E-state index >= 15 is 0 Å². The van der Waals surface area contributed by atoms with Crippen molar-refractivity contribution >= 4 is 45.7 Å². The second-order valence-corrected chi connectivity index (χ2v) is 5.63. The second kappa shape index (κ2) is 6.01. The Morgan fingerprint density at radius 3 is 2.77 bits per heavy atom. The maximum atomic E-state index is 12.4. The number of halogens is 2. The summed E-state index contributed by atoms with van der Waals surface area (Å²) in [6, 6.07) is 12.2. The fourth-order valence-corrected chi connectivity index (χ4v) is 2.69. The third-order valence-electron chi connectivity index (χ3n) is 3.29. The van der Waals surface area contributed by atoms with Crippen LogP contribution in [-0.4, -0.2) is 16.0 Å². The molecule has 3 N–H and O–H groups in total. The summed E-state index contributed by atoms with van der Waals surface area (Å²) in [5.74, 6) is -0.354. The summed E-state index contributed by atoms with van der Waals surface area (Å²) in [6.07, 6.45) is 0. The van der Waals surface area contributed by atoms with Gasteiger partial charge in [0, 0.05) is 21.6 Å². The summed E-state index contributed by atoms with van der Waals surface area (Å²) in [7, 11) is 0. The van der Waals surface area contributed by atoms with Gasteiger partial charge in [-0.25, -0.2) is 0 Å². The molecule has 0 aliphatic rings. The second-order valence-electron chi connectivity index (χ2n) is 4.82. The number of aliphatic hydroxyl groups excluding tert-OH is 1. The van der Waals surface area contributed by atoms with E-state index in [0.717, 1.165) is 5.52 Å². The molecule has 2 aromatic carbocycles. The molecule has 22 heavy (non-hydrogen) atoms. The molecule has 1 amide bonds. The van der Waals surface area contributed by atoms with E-state index < -0.39 is 0 Å². The average molecular weight is 335 g/mol. The molecule has 4 nitrogen and oxygen atoms in total. The Morgan fingerprint density at radius 2 is 2.00 bits per heavy atom. The van der Waals surface area contributed by atoms with Gasteiger partial charge in [-0.1, -0.05) is 35.3 Å². The summed E-state index contributed by atoms with van der Waals surface area (Å²) in [6.45, 7) is -0.0879. The zero-order valence-corrected chi connectivity index (χ0v) is 12.9. The number of aromatic amines is 1. The van der Waals surface area contributed by atoms with E-state index in [0.29, 0.717) is 26.7 Å². The minimum Gasteiger partial charge on any atom is -0.392 e. The Kier molecular flexibility index (Phi) is 4.07. The van der Waals surface area contributed by atoms with Gasteiger partial charge in [0.15, 0.2) is 0 Å². The van der Waals surface area contributed by atoms with Gasteiger partial charge in [0.2, 0.25) is 0 Å². The summed E-state index contributed by atoms with van der Waals surface area (Å²) in [5.41, 5.74) is 2.31. The van der Waals surface area contributed by atoms with E-state index in [1.807, 2.05) is 0 Å². The van der Waals surface area contributed by atoms with Crippen molar-refractivity contribution in [1.29, 1.82) is 0 Å². The van der Waals surface area contributed by atoms with Crippen LogP contribution in [0, 0.1) is 0 Å². The largest absolute Gasteiger partial charge is 0.392 e. The fraction of sp³-hybridized carbons (Fsp3) is 0.0625. The summed E-state index contributed by atoms with van der Waals surface area (Å²) in [4.78, 5) is 15.4. The van der Waals surface area contributed by atoms with E-state index in [1.165, 1.54) is 0 Å². The molecule has 112 valence electrons. The van der Waals surface area contributed by atoms with E-state index in [4.69, 9.17) is 28.3 Å². The fourth-order valence-electron chi connectivity index (χ4n) is 2.23. The summed E-state index contributed by atoms with van der Waals surface area (Å²) < 4.78 is 0. The van der Waals surface area contributed by atoms with Crippen molar-refractivity contribution in [3.8, 4) is 0 Å². The number of amides is 1. The van der Waals surface area contributed by atoms with Crippen molar-refractivity contribution in [3.05, 3.63) is 63.8 Å². The number of H-pyrrole nitrogens is 1. The quantitative estimate of drug-likeness (QED) is 0.671. The molecule has 3 aromatic rings. The van der Waals surface area contributed by atoms with Crippen LogP contribution in [0.15, 0.2) is 42.5 Å². The molecule has 6 heteroatoms. The molecule has 3 rings (SSSR count). The van der Waals surface area contributed by atoms with E-state index in [2.05, 4.69) is 10.3 Å². The summed E-state index contributed by atoms with van der Waals surface area (Å²) >= 11 is 12.2. The van der Waals surface area contributed by atoms with Crippen LogP contribution in [0.4, 0.5) is 5.69 Å². The van der Waals surface area contributed by atoms with Crippen LogP contribution in [0.5, 0.6) is 0 Å². The minimum atomic E-state index is -0.354. The van der Waals surface area contributed by atoms with Crippen LogP contribution in [0.25, 0.3) is 10.9 Å². The predicted molar refractivity (Wildman–Crippen MR) is 88.6 cm³/mol. The Labute approximate surface area is 136 Å². The molecular weight excluding hydrogens is 323 g/mol. The first-order valence-corrected chi connectivity index (χ1v) is 7.32. The lowest BCUT2D eigenvalue weighted by atomic mass is 10.2. The third-order valence-corrected chi connectivity index (χ3v) is 3.92. The Hall–Kier alpha value is -2.01. The highest BCUT2D eigenvalue weighted by Crippen LogP contribution is 2.30. The van der Waals surface area contributed by atoms with Gasteiger partial charge in [-0.3, -0.25) is 4.79 Å². The van der Waals surface area contributed by atoms with Crippen molar-refractivity contribution in [2.45, 2.75) is 6.61 Å². The van der Waals surface area contributed by atoms with E-state index in [9.17, 15) is 4.79 Å². The third kappa shape index (κ3) is 2.81. The predicted octanol–water partition coefficient (Wildman–Crippen LogP) is 4.22. The molecule has 0 aliphatic heterocycles. The normalized spacial score (nSPS) is 10.9. The van der Waals surface area contributed by atoms with Crippen molar-refractivity contribution in [1.82, 2.24) is 4.98 Å². The highest BCUT2D eigenvalue weighted by atomic mass is 35.5. The molecule has 0 saturated carbocycles. The number of benzene rings is 2. The number of hydrogen-bond donors (Lipinski definition) is 3. The molecule has 0 unspecified atom stereocenters. The van der Waals surface area contributed by atoms with Gasteiger partial charge in [0.1, 0.15) is 5.69 Å². The van der Waals surface area contributed by atoms with E-state index in [-0.39, 0.29) is 18.2 Å². The lowest BCUT2D eigenvalue weighted by Gasteiger charge is -2.05. The average Bonchev–Trinajstić information content (AvgIpc) is 2.84. The van der Waals surface area contributed by atoms with Crippen LogP contribution in [0.2, 0.25) is 10.0 Å². The standard InChI is InChI=1S/C16H12Cl2N2O2/c17-10-4-5-13-12(7-10)14(18)15(20-13)16(22)19-11-3-1-2-9(6-11)8-21/h1-7,20-21H,8H2,(H,19,22). The molecule has 0 saturated heterocycles. The molecule has 0 aliphatic carbocycles. The first-order chi connectivity index (χ1) is 10.6. The van der Waals surface area contributed by atoms with E-state index in [1.54, 1.807) is 42.5 Å². The van der Waals surface area contributed by atoms with Gasteiger partial charge in [-0.05, 0) is 35.9 Å². The number of carbonyl (C=O) groups is 1. The minimum absolute atomic E-state index is 0.0879. The zero-order valence-electron chi connectivity index (χ0n) is 11.4. The number of aromatic nitrogens is 1. The number of hydrogen-bond acceptors (Lipinski definition) is 2. The van der Waals surface area contributed by atoms with Gasteiger partial charge < -0.3 is 15.4 Å². The van der Waals surface area contributed by atoms with Crippen molar-refractivity contribution in [2.75, 3.05) is 5.32 Å². The van der Waals surface area contributed by atoms with Crippen molar-refractivity contribution < 1.29 is 9.90 Å². The van der Waals surface area contributed by atoms with Crippen LogP contribution in [0.1, 0.15) is 16.1 Å². The van der Waals surface area contributed by atoms with Gasteiger partial charge >= 0.3 is 0 Å². The maximum absolute atomic E-state index is 12.4. The molecular formula is C16H12Cl2N2O2. The Balaban J connectivity index is 1.93. The lowest BCUT2D eigenvalue weighted by Crippen LogP contribution is -2.12. The van der Waals surface area contributed by atoms with Crippen LogP contribution in [0.3, 0.4) is 0 Å². The molecule has 0 radical (unpaired) electrons. The smallest absolute Gasteiger partial charge is 0.273 e. The van der Waals surface area contributed by atoms with Gasteiger partial charge in [-0.2, -0.15) is 0 Å². The number of rotatable bonds is 3. The SMILES string of the molecule is O=C(Nc1cccc(CO)c1)c1[nH]c2ccc(Cl)cc2c1Cl. The number of nitrogens with one attached hydrogen (secondary N) is 2. The highest BCUT2D eigenvalue weighted by molar-refractivity contribution is 6.40. The first-order valence-electron chi connectivity index (χ1n) is 6.56. The maximum Gasteiger partial charge on any atom is 0.273 e. The molecule has 1 aromatic heterocycles. The summed E-state index contributed by atoms with van der Waals surface area (Å²) in [5, 5.41) is 13.5. The first kappa shape index (κ1) is 14.9. The van der Waals surface area contributed by atoms with Gasteiger partial charge in [0.05, 0.1) is 11.6 Å². The highest BCUT2D eigenvalue weighted by Gasteiger charge is 2.16. The van der Waals surface area contributed by atoms with Crippen LogP contribution < -0.4 is 5.32 Å². The number of aliphatic hydroxyl groups is 1. The molecule has 0 bridgehead atoms. The van der Waals surface area contributed by atoms with Crippen LogP contribution in [-0.2, 0) is 6.61 Å². The topological polar surface area (TPSA) is 65.1 Å². The number of fused-ring (bicyclic) bond motifs is 1. The van der Waals surface area contributed by atoms with Gasteiger partial charge in [0.25, 0.3) is 5.91 Å². The number of anilines is 1. The zero-order chi connectivity index (χ0) is 15.7. The number of carbonyl (C=O) groups excluding carboxylic acids is 1. The molecule has 0 atom stereocenters. The van der Waals surface area contributed by atoms with Crippen molar-refractivity contribution in [2.24, 2.45) is 0 Å².